The Morgan fingerprint density at radius 1 is 1.10 bits per heavy atom. The number of nitrogens with one attached hydrogen (secondary N) is 2. The van der Waals surface area contributed by atoms with E-state index in [1.165, 1.54) is 30.9 Å². The lowest BCUT2D eigenvalue weighted by atomic mass is 9.95. The summed E-state index contributed by atoms with van der Waals surface area (Å²) in [7, 11) is 0. The van der Waals surface area contributed by atoms with Crippen LogP contribution in [0.25, 0.3) is 16.7 Å². The molecule has 0 aliphatic carbocycles. The van der Waals surface area contributed by atoms with E-state index in [4.69, 9.17) is 4.42 Å². The molecule has 0 fully saturated rings. The summed E-state index contributed by atoms with van der Waals surface area (Å²) in [6, 6.07) is 9.35. The minimum atomic E-state index is -0.532. The summed E-state index contributed by atoms with van der Waals surface area (Å²) >= 11 is 2.10. The maximum absolute atomic E-state index is 14.5. The van der Waals surface area contributed by atoms with Crippen molar-refractivity contribution in [2.24, 2.45) is 0 Å². The molecule has 1 aromatic heterocycles. The SMILES string of the molecule is O=C1NC(=O)c2ccc(I)cc2/C1=C/NCc1cc(O)c(-c2ccoc2)cc1F. The molecule has 2 heterocycles. The zero-order valence-corrected chi connectivity index (χ0v) is 17.0. The molecule has 3 aromatic rings. The topological polar surface area (TPSA) is 91.6 Å². The van der Waals surface area contributed by atoms with Gasteiger partial charge in [-0.15, -0.1) is 0 Å². The largest absolute Gasteiger partial charge is 0.507 e. The molecule has 3 N–H and O–H groups in total. The van der Waals surface area contributed by atoms with Gasteiger partial charge in [0.15, 0.2) is 0 Å². The van der Waals surface area contributed by atoms with Crippen molar-refractivity contribution in [2.45, 2.75) is 6.54 Å². The van der Waals surface area contributed by atoms with Crippen molar-refractivity contribution in [3.05, 3.63) is 81.2 Å². The van der Waals surface area contributed by atoms with Crippen molar-refractivity contribution in [3.63, 3.8) is 0 Å². The van der Waals surface area contributed by atoms with Gasteiger partial charge >= 0.3 is 0 Å². The number of phenols is 1. The molecule has 4 rings (SSSR count). The monoisotopic (exact) mass is 504 g/mol. The lowest BCUT2D eigenvalue weighted by Crippen LogP contribution is -2.37. The molecule has 1 aliphatic heterocycles. The first kappa shape index (κ1) is 19.2. The summed E-state index contributed by atoms with van der Waals surface area (Å²) in [5.41, 5.74) is 2.30. The minimum Gasteiger partial charge on any atom is -0.507 e. The molecule has 0 atom stereocenters. The lowest BCUT2D eigenvalue weighted by molar-refractivity contribution is -0.114. The Hall–Kier alpha value is -3.14. The molecule has 0 saturated heterocycles. The van der Waals surface area contributed by atoms with Crippen LogP contribution < -0.4 is 10.6 Å². The quantitative estimate of drug-likeness (QED) is 0.286. The number of rotatable bonds is 4. The fourth-order valence-electron chi connectivity index (χ4n) is 3.09. The van der Waals surface area contributed by atoms with Gasteiger partial charge in [-0.1, -0.05) is 0 Å². The second-order valence-electron chi connectivity index (χ2n) is 6.38. The van der Waals surface area contributed by atoms with Crippen LogP contribution in [0.5, 0.6) is 5.75 Å². The van der Waals surface area contributed by atoms with Gasteiger partial charge < -0.3 is 14.8 Å². The first-order valence-electron chi connectivity index (χ1n) is 8.57. The number of amides is 2. The van der Waals surface area contributed by atoms with Crippen molar-refractivity contribution >= 4 is 40.0 Å². The van der Waals surface area contributed by atoms with E-state index in [-0.39, 0.29) is 23.4 Å². The molecule has 8 heteroatoms. The molecule has 146 valence electrons. The molecule has 0 radical (unpaired) electrons. The third-order valence-electron chi connectivity index (χ3n) is 4.52. The molecular weight excluding hydrogens is 490 g/mol. The van der Waals surface area contributed by atoms with Gasteiger partial charge in [-0.2, -0.15) is 0 Å². The highest BCUT2D eigenvalue weighted by molar-refractivity contribution is 14.1. The average molecular weight is 504 g/mol. The minimum absolute atomic E-state index is 0.0368. The maximum Gasteiger partial charge on any atom is 0.260 e. The van der Waals surface area contributed by atoms with Gasteiger partial charge in [0.25, 0.3) is 11.8 Å². The Morgan fingerprint density at radius 2 is 1.93 bits per heavy atom. The van der Waals surface area contributed by atoms with Crippen LogP contribution in [-0.2, 0) is 11.3 Å². The summed E-state index contributed by atoms with van der Waals surface area (Å²) < 4.78 is 20.3. The Kier molecular flexibility index (Phi) is 5.10. The number of furan rings is 1. The Balaban J connectivity index is 1.59. The van der Waals surface area contributed by atoms with Crippen LogP contribution in [0.15, 0.2) is 59.5 Å². The fourth-order valence-corrected chi connectivity index (χ4v) is 3.58. The molecule has 0 spiro atoms. The first-order chi connectivity index (χ1) is 13.9. The molecule has 0 bridgehead atoms. The fraction of sp³-hybridized carbons (Fsp3) is 0.0476. The molecule has 0 unspecified atom stereocenters. The summed E-state index contributed by atoms with van der Waals surface area (Å²) in [6.07, 6.45) is 4.29. The highest BCUT2D eigenvalue weighted by Crippen LogP contribution is 2.32. The molecular formula is C21H14FIN2O4. The standard InChI is InChI=1S/C21H14FIN2O4/c22-18-7-15(11-3-4-29-10-11)19(26)5-12(18)8-24-9-17-16-6-13(23)1-2-14(16)20(27)25-21(17)28/h1-7,9-10,24,26H,8H2,(H,25,27,28)/b17-9-. The van der Waals surface area contributed by atoms with Crippen molar-refractivity contribution in [2.75, 3.05) is 0 Å². The number of benzene rings is 2. The number of hydrogen-bond donors (Lipinski definition) is 3. The van der Waals surface area contributed by atoms with Crippen LogP contribution in [0.4, 0.5) is 4.39 Å². The molecule has 2 aromatic carbocycles. The Morgan fingerprint density at radius 3 is 2.69 bits per heavy atom. The van der Waals surface area contributed by atoms with Gasteiger partial charge in [0, 0.05) is 44.1 Å². The number of carbonyl (C=O) groups is 2. The van der Waals surface area contributed by atoms with E-state index in [0.717, 1.165) is 3.57 Å². The molecule has 1 aliphatic rings. The van der Waals surface area contributed by atoms with E-state index in [1.54, 1.807) is 24.3 Å². The number of imide groups is 1. The first-order valence-corrected chi connectivity index (χ1v) is 9.65. The van der Waals surface area contributed by atoms with Gasteiger partial charge in [0.05, 0.1) is 18.1 Å². The average Bonchev–Trinajstić information content (AvgIpc) is 3.21. The Labute approximate surface area is 178 Å². The summed E-state index contributed by atoms with van der Waals surface area (Å²) in [4.78, 5) is 24.2. The van der Waals surface area contributed by atoms with Crippen molar-refractivity contribution < 1.29 is 23.5 Å². The van der Waals surface area contributed by atoms with Crippen LogP contribution in [0.1, 0.15) is 21.5 Å². The smallest absolute Gasteiger partial charge is 0.260 e. The maximum atomic E-state index is 14.5. The number of carbonyl (C=O) groups excluding carboxylic acids is 2. The van der Waals surface area contributed by atoms with Gasteiger partial charge in [-0.05, 0) is 59.0 Å². The molecule has 2 amide bonds. The second-order valence-corrected chi connectivity index (χ2v) is 7.63. The normalized spacial score (nSPS) is 14.6. The summed E-state index contributed by atoms with van der Waals surface area (Å²) in [6.45, 7) is 0.0368. The zero-order valence-electron chi connectivity index (χ0n) is 14.8. The van der Waals surface area contributed by atoms with Crippen LogP contribution in [0.2, 0.25) is 0 Å². The number of hydrogen-bond acceptors (Lipinski definition) is 5. The third kappa shape index (κ3) is 3.75. The van der Waals surface area contributed by atoms with E-state index in [1.807, 2.05) is 0 Å². The number of phenolic OH excluding ortho intramolecular Hbond substituents is 1. The second kappa shape index (κ2) is 7.70. The van der Waals surface area contributed by atoms with Crippen LogP contribution in [0.3, 0.4) is 0 Å². The zero-order chi connectivity index (χ0) is 20.5. The van der Waals surface area contributed by atoms with Crippen molar-refractivity contribution in [1.29, 1.82) is 0 Å². The highest BCUT2D eigenvalue weighted by atomic mass is 127. The third-order valence-corrected chi connectivity index (χ3v) is 5.19. The molecule has 29 heavy (non-hydrogen) atoms. The van der Waals surface area contributed by atoms with Gasteiger partial charge in [0.1, 0.15) is 11.6 Å². The van der Waals surface area contributed by atoms with Crippen LogP contribution in [-0.4, -0.2) is 16.9 Å². The number of fused-ring (bicyclic) bond motifs is 1. The van der Waals surface area contributed by atoms with E-state index in [2.05, 4.69) is 33.2 Å². The van der Waals surface area contributed by atoms with Crippen LogP contribution >= 0.6 is 22.6 Å². The highest BCUT2D eigenvalue weighted by Gasteiger charge is 2.27. The van der Waals surface area contributed by atoms with E-state index < -0.39 is 17.6 Å². The van der Waals surface area contributed by atoms with Gasteiger partial charge in [-0.3, -0.25) is 14.9 Å². The van der Waals surface area contributed by atoms with Crippen molar-refractivity contribution in [3.8, 4) is 16.9 Å². The lowest BCUT2D eigenvalue weighted by Gasteiger charge is -2.18. The van der Waals surface area contributed by atoms with Crippen molar-refractivity contribution in [1.82, 2.24) is 10.6 Å². The summed E-state index contributed by atoms with van der Waals surface area (Å²) in [5, 5.41) is 15.4. The van der Waals surface area contributed by atoms with Crippen LogP contribution in [0, 0.1) is 9.39 Å². The molecule has 6 nitrogen and oxygen atoms in total. The van der Waals surface area contributed by atoms with Gasteiger partial charge in [0.2, 0.25) is 0 Å². The predicted octanol–water partition coefficient (Wildman–Crippen LogP) is 3.80. The van der Waals surface area contributed by atoms with E-state index in [0.29, 0.717) is 22.3 Å². The molecule has 0 saturated carbocycles. The summed E-state index contributed by atoms with van der Waals surface area (Å²) in [5.74, 6) is -1.58. The number of aromatic hydroxyl groups is 1. The predicted molar refractivity (Wildman–Crippen MR) is 112 cm³/mol. The van der Waals surface area contributed by atoms with Gasteiger partial charge in [-0.25, -0.2) is 4.39 Å². The van der Waals surface area contributed by atoms with E-state index in [9.17, 15) is 19.1 Å². The number of halogens is 2. The van der Waals surface area contributed by atoms with E-state index >= 15 is 0 Å². The Bertz CT molecular complexity index is 1160.